The Morgan fingerprint density at radius 2 is 1.71 bits per heavy atom. The Balaban J connectivity index is 1.99. The van der Waals surface area contributed by atoms with Gasteiger partial charge in [-0.15, -0.1) is 0 Å². The number of amides is 2. The molecule has 0 unspecified atom stereocenters. The van der Waals surface area contributed by atoms with Crippen LogP contribution in [0.15, 0.2) is 60.8 Å². The van der Waals surface area contributed by atoms with E-state index in [1.807, 2.05) is 30.3 Å². The second-order valence-corrected chi connectivity index (χ2v) is 8.59. The SMILES string of the molecule is CCN(CC)CCCN(C(=O)c1ccc(C(N)=O)cc1Cl)c1ccc(Cl)c(-c2ccccn2)c1. The van der Waals surface area contributed by atoms with Gasteiger partial charge in [0.25, 0.3) is 5.91 Å². The largest absolute Gasteiger partial charge is 0.366 e. The fourth-order valence-electron chi connectivity index (χ4n) is 3.73. The molecule has 0 aliphatic heterocycles. The molecule has 0 atom stereocenters. The van der Waals surface area contributed by atoms with Crippen LogP contribution in [0.1, 0.15) is 41.0 Å². The van der Waals surface area contributed by atoms with Crippen LogP contribution in [0, 0.1) is 0 Å². The number of aromatic nitrogens is 1. The molecule has 1 heterocycles. The summed E-state index contributed by atoms with van der Waals surface area (Å²) in [4.78, 5) is 33.6. The third-order valence-electron chi connectivity index (χ3n) is 5.68. The van der Waals surface area contributed by atoms with Crippen LogP contribution < -0.4 is 10.6 Å². The molecule has 0 aliphatic carbocycles. The summed E-state index contributed by atoms with van der Waals surface area (Å²) in [7, 11) is 0. The maximum atomic E-state index is 13.7. The van der Waals surface area contributed by atoms with E-state index in [1.54, 1.807) is 17.2 Å². The van der Waals surface area contributed by atoms with Crippen molar-refractivity contribution < 1.29 is 9.59 Å². The van der Waals surface area contributed by atoms with Gasteiger partial charge in [-0.1, -0.05) is 43.1 Å². The number of nitrogens with zero attached hydrogens (tertiary/aromatic N) is 3. The molecule has 0 saturated carbocycles. The number of benzene rings is 2. The molecule has 6 nitrogen and oxygen atoms in total. The summed E-state index contributed by atoms with van der Waals surface area (Å²) in [5.74, 6) is -0.871. The van der Waals surface area contributed by atoms with Crippen LogP contribution in [-0.4, -0.2) is 47.9 Å². The van der Waals surface area contributed by atoms with Crippen molar-refractivity contribution in [3.8, 4) is 11.3 Å². The summed E-state index contributed by atoms with van der Waals surface area (Å²) in [6.07, 6.45) is 2.47. The molecule has 34 heavy (non-hydrogen) atoms. The third-order valence-corrected chi connectivity index (χ3v) is 6.32. The number of hydrogen-bond donors (Lipinski definition) is 1. The molecular formula is C26H28Cl2N4O2. The number of carbonyl (C=O) groups is 2. The monoisotopic (exact) mass is 498 g/mol. The lowest BCUT2D eigenvalue weighted by atomic mass is 10.1. The van der Waals surface area contributed by atoms with Crippen molar-refractivity contribution in [1.82, 2.24) is 9.88 Å². The summed E-state index contributed by atoms with van der Waals surface area (Å²) in [5, 5.41) is 0.718. The number of primary amides is 1. The Labute approximate surface area is 210 Å². The molecule has 2 aromatic carbocycles. The molecule has 178 valence electrons. The Bertz CT molecular complexity index is 1150. The van der Waals surface area contributed by atoms with Crippen LogP contribution in [0.5, 0.6) is 0 Å². The van der Waals surface area contributed by atoms with Gasteiger partial charge in [-0.2, -0.15) is 0 Å². The van der Waals surface area contributed by atoms with Crippen LogP contribution in [0.25, 0.3) is 11.3 Å². The van der Waals surface area contributed by atoms with E-state index in [1.165, 1.54) is 18.2 Å². The quantitative estimate of drug-likeness (QED) is 0.398. The fraction of sp³-hybridized carbons (Fsp3) is 0.269. The van der Waals surface area contributed by atoms with E-state index in [0.29, 0.717) is 28.5 Å². The molecule has 0 aliphatic rings. The van der Waals surface area contributed by atoms with Crippen LogP contribution in [-0.2, 0) is 0 Å². The Morgan fingerprint density at radius 1 is 0.941 bits per heavy atom. The maximum Gasteiger partial charge on any atom is 0.259 e. The Morgan fingerprint density at radius 3 is 2.32 bits per heavy atom. The van der Waals surface area contributed by atoms with Gasteiger partial charge in [0.1, 0.15) is 0 Å². The number of pyridine rings is 1. The van der Waals surface area contributed by atoms with Crippen molar-refractivity contribution in [2.45, 2.75) is 20.3 Å². The lowest BCUT2D eigenvalue weighted by molar-refractivity contribution is 0.0979. The predicted octanol–water partition coefficient (Wildman–Crippen LogP) is 5.53. The van der Waals surface area contributed by atoms with E-state index in [-0.39, 0.29) is 16.5 Å². The first kappa shape index (κ1) is 25.7. The molecule has 0 saturated heterocycles. The van der Waals surface area contributed by atoms with E-state index >= 15 is 0 Å². The molecule has 8 heteroatoms. The van der Waals surface area contributed by atoms with Gasteiger partial charge in [-0.05, 0) is 74.6 Å². The number of rotatable bonds is 10. The molecule has 2 N–H and O–H groups in total. The standard InChI is InChI=1S/C26H28Cl2N4O2/c1-3-31(4-2)14-7-15-32(26(34)20-11-9-18(25(29)33)16-23(20)28)19-10-12-22(27)21(17-19)24-8-5-6-13-30-24/h5-6,8-13,16-17H,3-4,7,14-15H2,1-2H3,(H2,29,33). The zero-order chi connectivity index (χ0) is 24.7. The molecular weight excluding hydrogens is 471 g/mol. The number of anilines is 1. The van der Waals surface area contributed by atoms with Gasteiger partial charge in [0.15, 0.2) is 0 Å². The minimum atomic E-state index is -0.602. The summed E-state index contributed by atoms with van der Waals surface area (Å²) in [6, 6.07) is 15.5. The normalized spacial score (nSPS) is 11.0. The third kappa shape index (κ3) is 6.14. The van der Waals surface area contributed by atoms with Gasteiger partial charge in [0, 0.05) is 29.6 Å². The minimum absolute atomic E-state index is 0.175. The first-order valence-corrected chi connectivity index (χ1v) is 12.0. The van der Waals surface area contributed by atoms with E-state index in [9.17, 15) is 9.59 Å². The summed E-state index contributed by atoms with van der Waals surface area (Å²) < 4.78 is 0. The predicted molar refractivity (Wildman–Crippen MR) is 139 cm³/mol. The number of hydrogen-bond acceptors (Lipinski definition) is 4. The first-order chi connectivity index (χ1) is 16.3. The second kappa shape index (κ2) is 12.0. The molecule has 0 radical (unpaired) electrons. The van der Waals surface area contributed by atoms with Crippen molar-refractivity contribution in [1.29, 1.82) is 0 Å². The van der Waals surface area contributed by atoms with Crippen molar-refractivity contribution in [3.05, 3.63) is 82.0 Å². The average Bonchev–Trinajstić information content (AvgIpc) is 2.85. The van der Waals surface area contributed by atoms with Crippen molar-refractivity contribution in [3.63, 3.8) is 0 Å². The Kier molecular flexibility index (Phi) is 9.05. The number of carbonyl (C=O) groups excluding carboxylic acids is 2. The average molecular weight is 499 g/mol. The molecule has 1 aromatic heterocycles. The van der Waals surface area contributed by atoms with Gasteiger partial charge >= 0.3 is 0 Å². The van der Waals surface area contributed by atoms with Gasteiger partial charge < -0.3 is 15.5 Å². The molecule has 0 bridgehead atoms. The number of halogens is 2. The molecule has 3 rings (SSSR count). The smallest absolute Gasteiger partial charge is 0.259 e. The molecule has 0 fully saturated rings. The topological polar surface area (TPSA) is 79.5 Å². The first-order valence-electron chi connectivity index (χ1n) is 11.2. The zero-order valence-corrected chi connectivity index (χ0v) is 20.8. The molecule has 3 aromatic rings. The van der Waals surface area contributed by atoms with E-state index < -0.39 is 5.91 Å². The van der Waals surface area contributed by atoms with Crippen molar-refractivity contribution in [2.24, 2.45) is 5.73 Å². The minimum Gasteiger partial charge on any atom is -0.366 e. The summed E-state index contributed by atoms with van der Waals surface area (Å²) in [5.41, 5.74) is 8.03. The molecule has 2 amide bonds. The van der Waals surface area contributed by atoms with Crippen LogP contribution in [0.4, 0.5) is 5.69 Å². The van der Waals surface area contributed by atoms with Gasteiger partial charge in [-0.3, -0.25) is 14.6 Å². The van der Waals surface area contributed by atoms with Gasteiger partial charge in [0.05, 0.1) is 21.3 Å². The van der Waals surface area contributed by atoms with Crippen LogP contribution in [0.3, 0.4) is 0 Å². The highest BCUT2D eigenvalue weighted by molar-refractivity contribution is 6.35. The van der Waals surface area contributed by atoms with E-state index in [4.69, 9.17) is 28.9 Å². The molecule has 0 spiro atoms. The zero-order valence-electron chi connectivity index (χ0n) is 19.3. The number of nitrogens with two attached hydrogens (primary N) is 1. The van der Waals surface area contributed by atoms with Crippen LogP contribution in [0.2, 0.25) is 10.0 Å². The van der Waals surface area contributed by atoms with Gasteiger partial charge in [0.2, 0.25) is 5.91 Å². The highest BCUT2D eigenvalue weighted by atomic mass is 35.5. The fourth-order valence-corrected chi connectivity index (χ4v) is 4.20. The maximum absolute atomic E-state index is 13.7. The van der Waals surface area contributed by atoms with Crippen molar-refractivity contribution >= 4 is 40.7 Å². The highest BCUT2D eigenvalue weighted by Crippen LogP contribution is 2.32. The Hall–Kier alpha value is -2.93. The van der Waals surface area contributed by atoms with Gasteiger partial charge in [-0.25, -0.2) is 0 Å². The van der Waals surface area contributed by atoms with E-state index in [0.717, 1.165) is 31.6 Å². The van der Waals surface area contributed by atoms with E-state index in [2.05, 4.69) is 23.7 Å². The second-order valence-electron chi connectivity index (χ2n) is 7.78. The highest BCUT2D eigenvalue weighted by Gasteiger charge is 2.22. The lowest BCUT2D eigenvalue weighted by Crippen LogP contribution is -2.35. The summed E-state index contributed by atoms with van der Waals surface area (Å²) in [6.45, 7) is 7.44. The summed E-state index contributed by atoms with van der Waals surface area (Å²) >= 11 is 12.9. The van der Waals surface area contributed by atoms with Crippen molar-refractivity contribution in [2.75, 3.05) is 31.1 Å². The lowest BCUT2D eigenvalue weighted by Gasteiger charge is -2.26. The van der Waals surface area contributed by atoms with Crippen LogP contribution >= 0.6 is 23.2 Å².